The van der Waals surface area contributed by atoms with Crippen molar-refractivity contribution >= 4 is 43.1 Å². The Morgan fingerprint density at radius 2 is 1.84 bits per heavy atom. The summed E-state index contributed by atoms with van der Waals surface area (Å²) < 4.78 is 22.3. The van der Waals surface area contributed by atoms with Crippen LogP contribution in [0.1, 0.15) is 21.5 Å². The molecule has 100 valence electrons. The molecule has 0 radical (unpaired) electrons. The third-order valence-electron chi connectivity index (χ3n) is 2.49. The molecular weight excluding hydrogens is 350 g/mol. The van der Waals surface area contributed by atoms with E-state index in [0.29, 0.717) is 11.1 Å². The normalized spacial score (nSPS) is 11.5. The quantitative estimate of drug-likeness (QED) is 0.672. The molecule has 2 rings (SSSR count). The molecule has 0 spiro atoms. The van der Waals surface area contributed by atoms with Crippen LogP contribution in [0.25, 0.3) is 0 Å². The number of rotatable bonds is 4. The minimum Gasteiger partial charge on any atom is -0.289 e. The molecule has 2 N–H and O–H groups in total. The van der Waals surface area contributed by atoms with Crippen molar-refractivity contribution in [2.24, 2.45) is 5.14 Å². The van der Waals surface area contributed by atoms with Crippen LogP contribution in [-0.2, 0) is 15.4 Å². The third kappa shape index (κ3) is 3.30. The molecule has 0 aliphatic carbocycles. The number of alkyl halides is 1. The Morgan fingerprint density at radius 3 is 2.32 bits per heavy atom. The summed E-state index contributed by atoms with van der Waals surface area (Å²) in [5.74, 6) is -0.215. The predicted octanol–water partition coefficient (Wildman–Crippen LogP) is 2.52. The highest BCUT2D eigenvalue weighted by Crippen LogP contribution is 2.21. The zero-order valence-corrected chi connectivity index (χ0v) is 12.9. The Labute approximate surface area is 123 Å². The number of thiophene rings is 1. The Kier molecular flexibility index (Phi) is 4.19. The van der Waals surface area contributed by atoms with E-state index < -0.39 is 10.0 Å². The van der Waals surface area contributed by atoms with E-state index in [9.17, 15) is 13.2 Å². The zero-order valence-electron chi connectivity index (χ0n) is 9.67. The standard InChI is InChI=1S/C12H10BrNO3S2/c13-6-8-1-3-9(4-2-8)12(15)10-5-11(18-7-10)19(14,16)17/h1-5,7H,6H2,(H2,14,16,17). The molecule has 1 aromatic heterocycles. The highest BCUT2D eigenvalue weighted by molar-refractivity contribution is 9.08. The second kappa shape index (κ2) is 5.54. The summed E-state index contributed by atoms with van der Waals surface area (Å²) in [6, 6.07) is 8.42. The summed E-state index contributed by atoms with van der Waals surface area (Å²) in [5, 5.41) is 7.23. The number of primary sulfonamides is 1. The van der Waals surface area contributed by atoms with Gasteiger partial charge in [0, 0.05) is 21.8 Å². The zero-order chi connectivity index (χ0) is 14.0. The molecule has 0 aliphatic heterocycles. The van der Waals surface area contributed by atoms with E-state index in [1.807, 2.05) is 12.1 Å². The topological polar surface area (TPSA) is 77.2 Å². The summed E-state index contributed by atoms with van der Waals surface area (Å²) in [5.41, 5.74) is 1.91. The van der Waals surface area contributed by atoms with Gasteiger partial charge in [-0.2, -0.15) is 0 Å². The van der Waals surface area contributed by atoms with Crippen molar-refractivity contribution in [2.75, 3.05) is 0 Å². The maximum absolute atomic E-state index is 12.1. The van der Waals surface area contributed by atoms with E-state index in [2.05, 4.69) is 15.9 Å². The first-order valence-electron chi connectivity index (χ1n) is 5.23. The number of hydrogen-bond acceptors (Lipinski definition) is 4. The molecule has 7 heteroatoms. The lowest BCUT2D eigenvalue weighted by Gasteiger charge is -2.00. The van der Waals surface area contributed by atoms with Gasteiger partial charge in [0.1, 0.15) is 4.21 Å². The molecule has 1 heterocycles. The van der Waals surface area contributed by atoms with Gasteiger partial charge in [-0.1, -0.05) is 40.2 Å². The molecule has 0 saturated heterocycles. The van der Waals surface area contributed by atoms with Crippen LogP contribution in [0.4, 0.5) is 0 Å². The second-order valence-electron chi connectivity index (χ2n) is 3.86. The van der Waals surface area contributed by atoms with Crippen LogP contribution in [-0.4, -0.2) is 14.2 Å². The number of carbonyl (C=O) groups is 1. The first-order chi connectivity index (χ1) is 8.91. The van der Waals surface area contributed by atoms with Gasteiger partial charge in [0.25, 0.3) is 0 Å². The lowest BCUT2D eigenvalue weighted by atomic mass is 10.1. The lowest BCUT2D eigenvalue weighted by molar-refractivity contribution is 0.103. The molecule has 0 fully saturated rings. The maximum atomic E-state index is 12.1. The SMILES string of the molecule is NS(=O)(=O)c1cc(C(=O)c2ccc(CBr)cc2)cs1. The first kappa shape index (κ1) is 14.4. The summed E-state index contributed by atoms with van der Waals surface area (Å²) in [4.78, 5) is 12.1. The van der Waals surface area contributed by atoms with Crippen molar-refractivity contribution in [3.8, 4) is 0 Å². The molecule has 1 aromatic carbocycles. The van der Waals surface area contributed by atoms with E-state index in [1.165, 1.54) is 11.4 Å². The Balaban J connectivity index is 2.31. The molecule has 0 amide bonds. The van der Waals surface area contributed by atoms with Crippen molar-refractivity contribution in [3.05, 3.63) is 52.4 Å². The second-order valence-corrected chi connectivity index (χ2v) is 7.12. The Hall–Kier alpha value is -1.02. The van der Waals surface area contributed by atoms with Crippen LogP contribution in [0.3, 0.4) is 0 Å². The number of hydrogen-bond donors (Lipinski definition) is 1. The summed E-state index contributed by atoms with van der Waals surface area (Å²) in [6.07, 6.45) is 0. The van der Waals surface area contributed by atoms with E-state index in [0.717, 1.165) is 22.2 Å². The first-order valence-corrected chi connectivity index (χ1v) is 8.77. The van der Waals surface area contributed by atoms with Gasteiger partial charge >= 0.3 is 0 Å². The average Bonchev–Trinajstić information content (AvgIpc) is 2.87. The van der Waals surface area contributed by atoms with Gasteiger partial charge in [-0.25, -0.2) is 13.6 Å². The molecule has 0 aliphatic rings. The van der Waals surface area contributed by atoms with Crippen LogP contribution < -0.4 is 5.14 Å². The Bertz CT molecular complexity index is 705. The minimum atomic E-state index is -3.75. The van der Waals surface area contributed by atoms with E-state index >= 15 is 0 Å². The molecule has 2 aromatic rings. The number of halogens is 1. The molecule has 4 nitrogen and oxygen atoms in total. The van der Waals surface area contributed by atoms with Crippen LogP contribution >= 0.6 is 27.3 Å². The largest absolute Gasteiger partial charge is 0.289 e. The Morgan fingerprint density at radius 1 is 1.21 bits per heavy atom. The average molecular weight is 360 g/mol. The molecule has 0 atom stereocenters. The van der Waals surface area contributed by atoms with Crippen molar-refractivity contribution in [1.29, 1.82) is 0 Å². The molecular formula is C12H10BrNO3S2. The van der Waals surface area contributed by atoms with Crippen molar-refractivity contribution < 1.29 is 13.2 Å². The highest BCUT2D eigenvalue weighted by Gasteiger charge is 2.16. The lowest BCUT2D eigenvalue weighted by Crippen LogP contribution is -2.10. The number of ketones is 1. The molecule has 19 heavy (non-hydrogen) atoms. The van der Waals surface area contributed by atoms with Crippen molar-refractivity contribution in [2.45, 2.75) is 9.54 Å². The third-order valence-corrected chi connectivity index (χ3v) is 5.52. The monoisotopic (exact) mass is 359 g/mol. The van der Waals surface area contributed by atoms with Gasteiger partial charge in [0.05, 0.1) is 0 Å². The molecule has 0 bridgehead atoms. The molecule has 0 saturated carbocycles. The number of carbonyl (C=O) groups excluding carboxylic acids is 1. The van der Waals surface area contributed by atoms with Gasteiger partial charge in [-0.3, -0.25) is 4.79 Å². The van der Waals surface area contributed by atoms with E-state index in [-0.39, 0.29) is 9.99 Å². The van der Waals surface area contributed by atoms with Gasteiger partial charge in [-0.15, -0.1) is 11.3 Å². The number of sulfonamides is 1. The minimum absolute atomic E-state index is 0.00655. The van der Waals surface area contributed by atoms with E-state index in [1.54, 1.807) is 12.1 Å². The summed E-state index contributed by atoms with van der Waals surface area (Å²) in [6.45, 7) is 0. The molecule has 0 unspecified atom stereocenters. The van der Waals surface area contributed by atoms with Crippen LogP contribution in [0.15, 0.2) is 39.9 Å². The summed E-state index contributed by atoms with van der Waals surface area (Å²) in [7, 11) is -3.75. The van der Waals surface area contributed by atoms with Gasteiger partial charge in [0.15, 0.2) is 5.78 Å². The fourth-order valence-electron chi connectivity index (χ4n) is 1.50. The van der Waals surface area contributed by atoms with Gasteiger partial charge in [-0.05, 0) is 11.6 Å². The van der Waals surface area contributed by atoms with Crippen molar-refractivity contribution in [3.63, 3.8) is 0 Å². The number of benzene rings is 1. The smallest absolute Gasteiger partial charge is 0.247 e. The van der Waals surface area contributed by atoms with Crippen LogP contribution in [0.2, 0.25) is 0 Å². The van der Waals surface area contributed by atoms with Crippen molar-refractivity contribution in [1.82, 2.24) is 0 Å². The predicted molar refractivity (Wildman–Crippen MR) is 78.2 cm³/mol. The number of nitrogens with two attached hydrogens (primary N) is 1. The highest BCUT2D eigenvalue weighted by atomic mass is 79.9. The fraction of sp³-hybridized carbons (Fsp3) is 0.0833. The van der Waals surface area contributed by atoms with Gasteiger partial charge < -0.3 is 0 Å². The van der Waals surface area contributed by atoms with E-state index in [4.69, 9.17) is 5.14 Å². The van der Waals surface area contributed by atoms with Crippen LogP contribution in [0, 0.1) is 0 Å². The van der Waals surface area contributed by atoms with Crippen LogP contribution in [0.5, 0.6) is 0 Å². The summed E-state index contributed by atoms with van der Waals surface area (Å²) >= 11 is 4.27. The fourth-order valence-corrected chi connectivity index (χ4v) is 3.46. The van der Waals surface area contributed by atoms with Gasteiger partial charge in [0.2, 0.25) is 10.0 Å². The maximum Gasteiger partial charge on any atom is 0.247 e.